The summed E-state index contributed by atoms with van der Waals surface area (Å²) in [6.07, 6.45) is 4.18. The van der Waals surface area contributed by atoms with Gasteiger partial charge in [-0.1, -0.05) is 13.3 Å². The zero-order chi connectivity index (χ0) is 12.3. The van der Waals surface area contributed by atoms with E-state index < -0.39 is 0 Å². The van der Waals surface area contributed by atoms with Gasteiger partial charge < -0.3 is 14.8 Å². The molecule has 4 nitrogen and oxygen atoms in total. The molecule has 2 atom stereocenters. The van der Waals surface area contributed by atoms with Crippen LogP contribution < -0.4 is 5.32 Å². The van der Waals surface area contributed by atoms with E-state index >= 15 is 0 Å². The molecule has 1 aliphatic carbocycles. The van der Waals surface area contributed by atoms with Crippen LogP contribution in [0, 0.1) is 11.3 Å². The summed E-state index contributed by atoms with van der Waals surface area (Å²) in [4.78, 5) is 11.5. The van der Waals surface area contributed by atoms with E-state index in [1.165, 1.54) is 13.5 Å². The Hall–Kier alpha value is -0.610. The van der Waals surface area contributed by atoms with E-state index in [-0.39, 0.29) is 11.9 Å². The fourth-order valence-corrected chi connectivity index (χ4v) is 2.70. The average Bonchev–Trinajstić information content (AvgIpc) is 2.33. The monoisotopic (exact) mass is 241 g/mol. The topological polar surface area (TPSA) is 47.6 Å². The molecule has 0 spiro atoms. The molecule has 0 aromatic heterocycles. The summed E-state index contributed by atoms with van der Waals surface area (Å²) in [6, 6.07) is 0.463. The zero-order valence-electron chi connectivity index (χ0n) is 10.8. The lowest BCUT2D eigenvalue weighted by Gasteiger charge is -2.40. The van der Waals surface area contributed by atoms with Crippen LogP contribution in [0.15, 0.2) is 0 Å². The second-order valence-corrected chi connectivity index (χ2v) is 5.77. The van der Waals surface area contributed by atoms with Crippen LogP contribution in [0.4, 0.5) is 0 Å². The van der Waals surface area contributed by atoms with Gasteiger partial charge in [0.15, 0.2) is 0 Å². The van der Waals surface area contributed by atoms with Crippen molar-refractivity contribution in [3.05, 3.63) is 0 Å². The number of hydrogen-bond acceptors (Lipinski definition) is 4. The highest BCUT2D eigenvalue weighted by atomic mass is 16.5. The van der Waals surface area contributed by atoms with Crippen LogP contribution in [-0.4, -0.2) is 38.9 Å². The summed E-state index contributed by atoms with van der Waals surface area (Å²) in [6.45, 7) is 4.94. The minimum atomic E-state index is -0.0466. The molecule has 2 aliphatic rings. The van der Waals surface area contributed by atoms with Gasteiger partial charge in [0.1, 0.15) is 0 Å². The predicted octanol–water partition coefficient (Wildman–Crippen LogP) is 1.34. The van der Waals surface area contributed by atoms with E-state index in [1.54, 1.807) is 0 Å². The number of esters is 1. The molecule has 2 unspecified atom stereocenters. The van der Waals surface area contributed by atoms with Gasteiger partial charge in [0.05, 0.1) is 26.2 Å². The Morgan fingerprint density at radius 2 is 2.24 bits per heavy atom. The van der Waals surface area contributed by atoms with Crippen molar-refractivity contribution in [1.82, 2.24) is 5.32 Å². The first-order valence-electron chi connectivity index (χ1n) is 6.52. The van der Waals surface area contributed by atoms with Crippen molar-refractivity contribution < 1.29 is 14.3 Å². The van der Waals surface area contributed by atoms with Crippen molar-refractivity contribution in [1.29, 1.82) is 0 Å². The maximum atomic E-state index is 11.5. The molecule has 4 heteroatoms. The molecule has 2 rings (SSSR count). The molecule has 1 aliphatic heterocycles. The molecule has 98 valence electrons. The van der Waals surface area contributed by atoms with Crippen molar-refractivity contribution in [2.24, 2.45) is 11.3 Å². The molecule has 1 saturated heterocycles. The third-order valence-corrected chi connectivity index (χ3v) is 3.93. The van der Waals surface area contributed by atoms with Gasteiger partial charge in [-0.2, -0.15) is 0 Å². The highest BCUT2D eigenvalue weighted by molar-refractivity contribution is 5.72. The fourth-order valence-electron chi connectivity index (χ4n) is 2.70. The highest BCUT2D eigenvalue weighted by Gasteiger charge is 2.35. The van der Waals surface area contributed by atoms with Gasteiger partial charge in [-0.15, -0.1) is 0 Å². The molecule has 0 amide bonds. The van der Waals surface area contributed by atoms with Crippen LogP contribution in [0.1, 0.15) is 32.6 Å². The molecule has 0 aromatic rings. The average molecular weight is 241 g/mol. The highest BCUT2D eigenvalue weighted by Crippen LogP contribution is 2.28. The summed E-state index contributed by atoms with van der Waals surface area (Å²) in [5.74, 6) is 0.0476. The standard InChI is InChI=1S/C13H23NO3/c1-13(8-17-9-13)7-14-11-5-3-4-10(6-11)12(15)16-2/h10-11,14H,3-9H2,1-2H3. The van der Waals surface area contributed by atoms with Crippen molar-refractivity contribution in [3.8, 4) is 0 Å². The number of carbonyl (C=O) groups excluding carboxylic acids is 1. The van der Waals surface area contributed by atoms with Crippen molar-refractivity contribution in [3.63, 3.8) is 0 Å². The van der Waals surface area contributed by atoms with Gasteiger partial charge in [-0.05, 0) is 19.3 Å². The molecule has 0 radical (unpaired) electrons. The van der Waals surface area contributed by atoms with E-state index in [2.05, 4.69) is 12.2 Å². The largest absolute Gasteiger partial charge is 0.469 e. The Morgan fingerprint density at radius 1 is 1.47 bits per heavy atom. The minimum absolute atomic E-state index is 0.0466. The van der Waals surface area contributed by atoms with Crippen LogP contribution in [0.5, 0.6) is 0 Å². The first kappa shape index (κ1) is 12.8. The summed E-state index contributed by atoms with van der Waals surface area (Å²) < 4.78 is 10.1. The Kier molecular flexibility index (Phi) is 4.05. The summed E-state index contributed by atoms with van der Waals surface area (Å²) in [7, 11) is 1.48. The maximum absolute atomic E-state index is 11.5. The molecule has 1 saturated carbocycles. The Morgan fingerprint density at radius 3 is 2.82 bits per heavy atom. The Bertz CT molecular complexity index is 276. The van der Waals surface area contributed by atoms with Gasteiger partial charge in [0.2, 0.25) is 0 Å². The van der Waals surface area contributed by atoms with Crippen LogP contribution >= 0.6 is 0 Å². The zero-order valence-corrected chi connectivity index (χ0v) is 10.8. The van der Waals surface area contributed by atoms with E-state index in [9.17, 15) is 4.79 Å². The van der Waals surface area contributed by atoms with Crippen LogP contribution in [-0.2, 0) is 14.3 Å². The molecule has 2 fully saturated rings. The van der Waals surface area contributed by atoms with Crippen molar-refractivity contribution in [2.45, 2.75) is 38.6 Å². The quantitative estimate of drug-likeness (QED) is 0.755. The Labute approximate surface area is 103 Å². The smallest absolute Gasteiger partial charge is 0.308 e. The van der Waals surface area contributed by atoms with Crippen LogP contribution in [0.2, 0.25) is 0 Å². The summed E-state index contributed by atoms with van der Waals surface area (Å²) in [5.41, 5.74) is 0.304. The number of hydrogen-bond donors (Lipinski definition) is 1. The van der Waals surface area contributed by atoms with Crippen molar-refractivity contribution in [2.75, 3.05) is 26.9 Å². The summed E-state index contributed by atoms with van der Waals surface area (Å²) in [5, 5.41) is 3.59. The van der Waals surface area contributed by atoms with Gasteiger partial charge in [-0.3, -0.25) is 4.79 Å². The molecular formula is C13H23NO3. The second kappa shape index (κ2) is 5.36. The molecule has 1 N–H and O–H groups in total. The first-order valence-corrected chi connectivity index (χ1v) is 6.52. The molecule has 0 aromatic carbocycles. The van der Waals surface area contributed by atoms with Crippen LogP contribution in [0.3, 0.4) is 0 Å². The SMILES string of the molecule is COC(=O)C1CCCC(NCC2(C)COC2)C1. The molecule has 1 heterocycles. The van der Waals surface area contributed by atoms with E-state index in [0.29, 0.717) is 11.5 Å². The lowest BCUT2D eigenvalue weighted by atomic mass is 9.84. The fraction of sp³-hybridized carbons (Fsp3) is 0.923. The number of rotatable bonds is 4. The van der Waals surface area contributed by atoms with Crippen LogP contribution in [0.25, 0.3) is 0 Å². The van der Waals surface area contributed by atoms with E-state index in [4.69, 9.17) is 9.47 Å². The van der Waals surface area contributed by atoms with Crippen molar-refractivity contribution >= 4 is 5.97 Å². The van der Waals surface area contributed by atoms with Gasteiger partial charge in [0, 0.05) is 18.0 Å². The van der Waals surface area contributed by atoms with E-state index in [1.807, 2.05) is 0 Å². The predicted molar refractivity (Wildman–Crippen MR) is 64.7 cm³/mol. The normalized spacial score (nSPS) is 31.6. The van der Waals surface area contributed by atoms with Gasteiger partial charge >= 0.3 is 5.97 Å². The molecular weight excluding hydrogens is 218 g/mol. The maximum Gasteiger partial charge on any atom is 0.308 e. The van der Waals surface area contributed by atoms with Gasteiger partial charge in [-0.25, -0.2) is 0 Å². The molecule has 0 bridgehead atoms. The minimum Gasteiger partial charge on any atom is -0.469 e. The second-order valence-electron chi connectivity index (χ2n) is 5.77. The third-order valence-electron chi connectivity index (χ3n) is 3.93. The lowest BCUT2D eigenvalue weighted by Crippen LogP contribution is -2.50. The molecule has 17 heavy (non-hydrogen) atoms. The number of carbonyl (C=O) groups is 1. The third kappa shape index (κ3) is 3.19. The number of ether oxygens (including phenoxy) is 2. The first-order chi connectivity index (χ1) is 8.13. The summed E-state index contributed by atoms with van der Waals surface area (Å²) >= 11 is 0. The van der Waals surface area contributed by atoms with Gasteiger partial charge in [0.25, 0.3) is 0 Å². The lowest BCUT2D eigenvalue weighted by molar-refractivity contribution is -0.146. The Balaban J connectivity index is 1.75. The van der Waals surface area contributed by atoms with E-state index in [0.717, 1.165) is 39.0 Å². The number of methoxy groups -OCH3 is 1. The number of nitrogens with one attached hydrogen (secondary N) is 1.